The molecule has 5 nitrogen and oxygen atoms in total. The lowest BCUT2D eigenvalue weighted by atomic mass is 10.00. The van der Waals surface area contributed by atoms with Crippen molar-refractivity contribution in [1.29, 1.82) is 10.5 Å². The molecule has 0 bridgehead atoms. The fraction of sp³-hybridized carbons (Fsp3) is 0.692. The Morgan fingerprint density at radius 1 is 1.05 bits per heavy atom. The highest BCUT2D eigenvalue weighted by Crippen LogP contribution is 2.36. The van der Waals surface area contributed by atoms with Crippen molar-refractivity contribution in [3.05, 3.63) is 11.9 Å². The molecule has 0 aromatic rings. The SMILES string of the molecule is CSC(C=C(N(C)C)N(C)C)(C(C#N)C#N)N(C)C. The van der Waals surface area contributed by atoms with Crippen molar-refractivity contribution in [3.63, 3.8) is 0 Å². The first-order valence-corrected chi connectivity index (χ1v) is 7.08. The summed E-state index contributed by atoms with van der Waals surface area (Å²) in [6.07, 6.45) is 3.90. The second-order valence-corrected chi connectivity index (χ2v) is 5.90. The monoisotopic (exact) mass is 281 g/mol. The van der Waals surface area contributed by atoms with Crippen LogP contribution >= 0.6 is 11.8 Å². The summed E-state index contributed by atoms with van der Waals surface area (Å²) in [5, 5.41) is 18.5. The molecule has 0 aliphatic heterocycles. The summed E-state index contributed by atoms with van der Waals surface area (Å²) in [7, 11) is 11.6. The van der Waals surface area contributed by atoms with Crippen molar-refractivity contribution >= 4 is 11.8 Å². The Bertz CT molecular complexity index is 378. The molecule has 6 heteroatoms. The Morgan fingerprint density at radius 3 is 1.68 bits per heavy atom. The fourth-order valence-corrected chi connectivity index (χ4v) is 2.82. The fourth-order valence-electron chi connectivity index (χ4n) is 1.89. The van der Waals surface area contributed by atoms with Gasteiger partial charge in [-0.2, -0.15) is 10.5 Å². The predicted molar refractivity (Wildman–Crippen MR) is 80.1 cm³/mol. The molecule has 0 aliphatic carbocycles. The molecule has 0 radical (unpaired) electrons. The normalized spacial score (nSPS) is 13.4. The Balaban J connectivity index is 5.96. The highest BCUT2D eigenvalue weighted by atomic mass is 32.2. The van der Waals surface area contributed by atoms with Crippen LogP contribution in [0.4, 0.5) is 0 Å². The van der Waals surface area contributed by atoms with Crippen LogP contribution in [0.2, 0.25) is 0 Å². The molecule has 0 aromatic carbocycles. The Morgan fingerprint density at radius 2 is 1.47 bits per heavy atom. The second-order valence-electron chi connectivity index (χ2n) is 4.83. The second kappa shape index (κ2) is 7.28. The van der Waals surface area contributed by atoms with E-state index < -0.39 is 10.8 Å². The molecule has 0 saturated heterocycles. The van der Waals surface area contributed by atoms with Crippen LogP contribution in [0.5, 0.6) is 0 Å². The number of rotatable bonds is 6. The average molecular weight is 281 g/mol. The molecule has 0 heterocycles. The number of likely N-dealkylation sites (N-methyl/N-ethyl adjacent to an activating group) is 1. The van der Waals surface area contributed by atoms with Crippen LogP contribution in [-0.2, 0) is 0 Å². The van der Waals surface area contributed by atoms with Crippen molar-refractivity contribution in [2.45, 2.75) is 4.87 Å². The largest absolute Gasteiger partial charge is 0.365 e. The van der Waals surface area contributed by atoms with Crippen LogP contribution in [-0.4, -0.2) is 68.1 Å². The topological polar surface area (TPSA) is 57.3 Å². The number of thioether (sulfide) groups is 1. The first kappa shape index (κ1) is 17.6. The predicted octanol–water partition coefficient (Wildman–Crippen LogP) is 1.24. The molecule has 0 N–H and O–H groups in total. The summed E-state index contributed by atoms with van der Waals surface area (Å²) >= 11 is 1.50. The maximum Gasteiger partial charge on any atom is 0.164 e. The van der Waals surface area contributed by atoms with E-state index in [1.54, 1.807) is 0 Å². The quantitative estimate of drug-likeness (QED) is 0.683. The smallest absolute Gasteiger partial charge is 0.164 e. The van der Waals surface area contributed by atoms with Gasteiger partial charge in [0.15, 0.2) is 5.92 Å². The van der Waals surface area contributed by atoms with Crippen LogP contribution in [0.1, 0.15) is 0 Å². The van der Waals surface area contributed by atoms with Gasteiger partial charge in [-0.15, -0.1) is 11.8 Å². The molecule has 19 heavy (non-hydrogen) atoms. The number of nitriles is 2. The van der Waals surface area contributed by atoms with Gasteiger partial charge in [0.2, 0.25) is 0 Å². The highest BCUT2D eigenvalue weighted by Gasteiger charge is 2.40. The third-order valence-corrected chi connectivity index (χ3v) is 4.32. The first-order valence-electron chi connectivity index (χ1n) is 5.86. The summed E-state index contributed by atoms with van der Waals surface area (Å²) in [5.41, 5.74) is 0. The van der Waals surface area contributed by atoms with Gasteiger partial charge >= 0.3 is 0 Å². The van der Waals surface area contributed by atoms with Crippen LogP contribution in [0.3, 0.4) is 0 Å². The zero-order chi connectivity index (χ0) is 15.2. The van der Waals surface area contributed by atoms with Crippen molar-refractivity contribution in [2.24, 2.45) is 5.92 Å². The van der Waals surface area contributed by atoms with Gasteiger partial charge in [0.1, 0.15) is 10.7 Å². The minimum absolute atomic E-state index is 0.673. The molecule has 0 aromatic heterocycles. The van der Waals surface area contributed by atoms with Gasteiger partial charge in [-0.3, -0.25) is 4.90 Å². The standard InChI is InChI=1S/C13H23N5S/c1-16(2)12(17(3)4)8-13(19-7,18(5)6)11(9-14)10-15/h8,11H,1-7H3. The van der Waals surface area contributed by atoms with Gasteiger partial charge in [-0.25, -0.2) is 0 Å². The maximum absolute atomic E-state index is 9.26. The number of hydrogen-bond donors (Lipinski definition) is 0. The number of hydrogen-bond acceptors (Lipinski definition) is 6. The molecule has 0 aliphatic rings. The van der Waals surface area contributed by atoms with E-state index in [1.165, 1.54) is 11.8 Å². The molecule has 1 unspecified atom stereocenters. The van der Waals surface area contributed by atoms with Gasteiger partial charge in [0, 0.05) is 28.2 Å². The Kier molecular flexibility index (Phi) is 6.75. The summed E-state index contributed by atoms with van der Waals surface area (Å²) < 4.78 is 0. The van der Waals surface area contributed by atoms with Gasteiger partial charge in [0.25, 0.3) is 0 Å². The van der Waals surface area contributed by atoms with E-state index in [0.717, 1.165) is 5.82 Å². The van der Waals surface area contributed by atoms with Gasteiger partial charge in [-0.1, -0.05) is 0 Å². The summed E-state index contributed by atoms with van der Waals surface area (Å²) in [4.78, 5) is 5.19. The zero-order valence-corrected chi connectivity index (χ0v) is 13.6. The molecule has 106 valence electrons. The van der Waals surface area contributed by atoms with E-state index in [9.17, 15) is 10.5 Å². The zero-order valence-electron chi connectivity index (χ0n) is 12.8. The minimum atomic E-state index is -0.743. The molecular weight excluding hydrogens is 258 g/mol. The molecule has 0 amide bonds. The van der Waals surface area contributed by atoms with Gasteiger partial charge < -0.3 is 9.80 Å². The summed E-state index contributed by atoms with van der Waals surface area (Å²) in [5.74, 6) is 0.214. The first-order chi connectivity index (χ1) is 8.76. The molecule has 0 saturated carbocycles. The number of nitrogens with zero attached hydrogens (tertiary/aromatic N) is 5. The van der Waals surface area contributed by atoms with Crippen molar-refractivity contribution in [1.82, 2.24) is 14.7 Å². The van der Waals surface area contributed by atoms with Crippen molar-refractivity contribution < 1.29 is 0 Å². The van der Waals surface area contributed by atoms with Crippen LogP contribution in [0.25, 0.3) is 0 Å². The third kappa shape index (κ3) is 3.79. The van der Waals surface area contributed by atoms with Crippen molar-refractivity contribution in [2.75, 3.05) is 48.5 Å². The highest BCUT2D eigenvalue weighted by molar-refractivity contribution is 8.00. The van der Waals surface area contributed by atoms with Crippen LogP contribution in [0, 0.1) is 28.6 Å². The lowest BCUT2D eigenvalue weighted by molar-refractivity contribution is 0.263. The van der Waals surface area contributed by atoms with E-state index in [-0.39, 0.29) is 0 Å². The minimum Gasteiger partial charge on any atom is -0.365 e. The van der Waals surface area contributed by atoms with Crippen LogP contribution in [0.15, 0.2) is 11.9 Å². The maximum atomic E-state index is 9.26. The Hall–Kier alpha value is -1.37. The van der Waals surface area contributed by atoms with Gasteiger partial charge in [-0.05, 0) is 26.4 Å². The van der Waals surface area contributed by atoms with E-state index in [1.807, 2.05) is 69.3 Å². The lowest BCUT2D eigenvalue weighted by Crippen LogP contribution is -2.46. The van der Waals surface area contributed by atoms with E-state index in [4.69, 9.17) is 0 Å². The molecule has 0 fully saturated rings. The van der Waals surface area contributed by atoms with Gasteiger partial charge in [0.05, 0.1) is 12.1 Å². The molecule has 0 spiro atoms. The lowest BCUT2D eigenvalue weighted by Gasteiger charge is -2.39. The third-order valence-electron chi connectivity index (χ3n) is 2.95. The van der Waals surface area contributed by atoms with Crippen LogP contribution < -0.4 is 0 Å². The summed E-state index contributed by atoms with van der Waals surface area (Å²) in [6.45, 7) is 0. The summed E-state index contributed by atoms with van der Waals surface area (Å²) in [6, 6.07) is 4.21. The molecule has 1 atom stereocenters. The average Bonchev–Trinajstić information content (AvgIpc) is 2.33. The van der Waals surface area contributed by atoms with E-state index in [0.29, 0.717) is 0 Å². The van der Waals surface area contributed by atoms with E-state index >= 15 is 0 Å². The van der Waals surface area contributed by atoms with E-state index in [2.05, 4.69) is 12.1 Å². The Labute approximate surface area is 121 Å². The molecule has 0 rings (SSSR count). The van der Waals surface area contributed by atoms with Crippen molar-refractivity contribution in [3.8, 4) is 12.1 Å². The molecular formula is C13H23N5S.